The molecule has 2 aromatic heterocycles. The maximum absolute atomic E-state index is 9.47. The van der Waals surface area contributed by atoms with Crippen molar-refractivity contribution in [2.24, 2.45) is 0 Å². The van der Waals surface area contributed by atoms with E-state index in [-0.39, 0.29) is 0 Å². The summed E-state index contributed by atoms with van der Waals surface area (Å²) in [6.45, 7) is 0. The molecule has 0 spiro atoms. The highest BCUT2D eigenvalue weighted by Crippen LogP contribution is 2.45. The van der Waals surface area contributed by atoms with Crippen molar-refractivity contribution in [3.8, 4) is 50.6 Å². The van der Waals surface area contributed by atoms with Crippen molar-refractivity contribution in [2.45, 2.75) is 0 Å². The van der Waals surface area contributed by atoms with Gasteiger partial charge in [0.2, 0.25) is 0 Å². The van der Waals surface area contributed by atoms with E-state index in [4.69, 9.17) is 8.83 Å². The largest absolute Gasteiger partial charge is 0.456 e. The Labute approximate surface area is 265 Å². The number of hydrogen-bond acceptors (Lipinski definition) is 3. The highest BCUT2D eigenvalue weighted by molar-refractivity contribution is 6.09. The van der Waals surface area contributed by atoms with E-state index in [2.05, 4.69) is 109 Å². The summed E-state index contributed by atoms with van der Waals surface area (Å²) in [6, 6.07) is 54.6. The monoisotopic (exact) mass is 587 g/mol. The molecular weight excluding hydrogens is 562 g/mol. The van der Waals surface area contributed by atoms with E-state index in [1.807, 2.05) is 48.5 Å². The van der Waals surface area contributed by atoms with E-state index in [1.165, 1.54) is 0 Å². The number of rotatable bonds is 4. The fourth-order valence-electron chi connectivity index (χ4n) is 6.70. The zero-order valence-corrected chi connectivity index (χ0v) is 24.7. The van der Waals surface area contributed by atoms with Gasteiger partial charge in [0.1, 0.15) is 22.3 Å². The summed E-state index contributed by atoms with van der Waals surface area (Å²) < 4.78 is 12.4. The molecular formula is C43H25NO2. The third-order valence-corrected chi connectivity index (χ3v) is 8.92. The third kappa shape index (κ3) is 4.20. The molecule has 0 N–H and O–H groups in total. The summed E-state index contributed by atoms with van der Waals surface area (Å²) in [6.07, 6.45) is 0. The minimum Gasteiger partial charge on any atom is -0.456 e. The lowest BCUT2D eigenvalue weighted by atomic mass is 9.84. The number of fused-ring (bicyclic) bond motifs is 6. The lowest BCUT2D eigenvalue weighted by molar-refractivity contribution is 0.668. The highest BCUT2D eigenvalue weighted by atomic mass is 16.3. The maximum atomic E-state index is 9.47. The van der Waals surface area contributed by atoms with Gasteiger partial charge in [-0.1, -0.05) is 91.0 Å². The van der Waals surface area contributed by atoms with Crippen LogP contribution in [0.1, 0.15) is 5.56 Å². The molecule has 0 aliphatic carbocycles. The van der Waals surface area contributed by atoms with Crippen LogP contribution >= 0.6 is 0 Å². The van der Waals surface area contributed by atoms with Gasteiger partial charge in [-0.15, -0.1) is 0 Å². The van der Waals surface area contributed by atoms with Gasteiger partial charge >= 0.3 is 0 Å². The van der Waals surface area contributed by atoms with Gasteiger partial charge < -0.3 is 8.83 Å². The van der Waals surface area contributed by atoms with Crippen molar-refractivity contribution < 1.29 is 8.83 Å². The van der Waals surface area contributed by atoms with Crippen LogP contribution in [0.15, 0.2) is 160 Å². The second-order valence-corrected chi connectivity index (χ2v) is 11.6. The molecule has 214 valence electrons. The Morgan fingerprint density at radius 1 is 0.370 bits per heavy atom. The normalized spacial score (nSPS) is 11.5. The maximum Gasteiger partial charge on any atom is 0.135 e. The molecule has 0 unspecified atom stereocenters. The van der Waals surface area contributed by atoms with Crippen LogP contribution in [0.3, 0.4) is 0 Å². The van der Waals surface area contributed by atoms with E-state index < -0.39 is 0 Å². The van der Waals surface area contributed by atoms with Gasteiger partial charge in [0.15, 0.2) is 0 Å². The number of para-hydroxylation sites is 2. The topological polar surface area (TPSA) is 50.1 Å². The second-order valence-electron chi connectivity index (χ2n) is 11.6. The van der Waals surface area contributed by atoms with Crippen LogP contribution in [0.4, 0.5) is 0 Å². The zero-order valence-electron chi connectivity index (χ0n) is 24.7. The summed E-state index contributed by atoms with van der Waals surface area (Å²) in [5.41, 5.74) is 13.0. The van der Waals surface area contributed by atoms with Gasteiger partial charge in [-0.25, -0.2) is 0 Å². The summed E-state index contributed by atoms with van der Waals surface area (Å²) >= 11 is 0. The van der Waals surface area contributed by atoms with Crippen molar-refractivity contribution in [3.63, 3.8) is 0 Å². The first-order valence-corrected chi connectivity index (χ1v) is 15.3. The van der Waals surface area contributed by atoms with Crippen LogP contribution in [0, 0.1) is 11.3 Å². The first-order valence-electron chi connectivity index (χ1n) is 15.3. The number of benzene rings is 7. The van der Waals surface area contributed by atoms with Gasteiger partial charge in [-0.05, 0) is 105 Å². The lowest BCUT2D eigenvalue weighted by Crippen LogP contribution is -1.93. The Hall–Kier alpha value is -6.37. The number of hydrogen-bond donors (Lipinski definition) is 0. The molecule has 3 nitrogen and oxygen atoms in total. The Kier molecular flexibility index (Phi) is 5.88. The third-order valence-electron chi connectivity index (χ3n) is 8.92. The number of nitrogens with zero attached hydrogens (tertiary/aromatic N) is 1. The van der Waals surface area contributed by atoms with E-state index >= 15 is 0 Å². The Balaban J connectivity index is 1.37. The number of nitriles is 1. The molecule has 46 heavy (non-hydrogen) atoms. The van der Waals surface area contributed by atoms with Gasteiger partial charge in [0.05, 0.1) is 11.6 Å². The molecule has 0 amide bonds. The first kappa shape index (κ1) is 26.1. The summed E-state index contributed by atoms with van der Waals surface area (Å²) in [4.78, 5) is 0. The molecule has 0 fully saturated rings. The van der Waals surface area contributed by atoms with Crippen molar-refractivity contribution in [1.82, 2.24) is 0 Å². The molecule has 9 rings (SSSR count). The standard InChI is InChI=1S/C43H25NO2/c44-26-27-14-16-28(17-15-27)32-24-35(30-18-20-41-37(22-30)33-10-4-6-12-39(33)45-41)43(29-8-2-1-3-9-29)36(25-32)31-19-21-42-38(23-31)34-11-5-7-13-40(34)46-42/h1-25H. The van der Waals surface area contributed by atoms with E-state index in [0.29, 0.717) is 5.56 Å². The average molecular weight is 588 g/mol. The van der Waals surface area contributed by atoms with Crippen LogP contribution in [0.25, 0.3) is 88.4 Å². The minimum atomic E-state index is 0.639. The minimum absolute atomic E-state index is 0.639. The van der Waals surface area contributed by atoms with E-state index in [0.717, 1.165) is 88.4 Å². The fraction of sp³-hybridized carbons (Fsp3) is 0. The smallest absolute Gasteiger partial charge is 0.135 e. The molecule has 9 aromatic rings. The predicted molar refractivity (Wildman–Crippen MR) is 187 cm³/mol. The van der Waals surface area contributed by atoms with Crippen LogP contribution in [0.5, 0.6) is 0 Å². The molecule has 0 saturated heterocycles. The van der Waals surface area contributed by atoms with Gasteiger partial charge in [0, 0.05) is 21.5 Å². The van der Waals surface area contributed by atoms with Gasteiger partial charge in [-0.3, -0.25) is 0 Å². The van der Waals surface area contributed by atoms with Crippen molar-refractivity contribution in [2.75, 3.05) is 0 Å². The van der Waals surface area contributed by atoms with Gasteiger partial charge in [-0.2, -0.15) is 5.26 Å². The Morgan fingerprint density at radius 3 is 1.39 bits per heavy atom. The zero-order chi connectivity index (χ0) is 30.6. The number of furan rings is 2. The van der Waals surface area contributed by atoms with Crippen LogP contribution in [-0.2, 0) is 0 Å². The molecule has 7 aromatic carbocycles. The van der Waals surface area contributed by atoms with Crippen molar-refractivity contribution in [1.29, 1.82) is 5.26 Å². The predicted octanol–water partition coefficient (Wildman–Crippen LogP) is 12.0. The quantitative estimate of drug-likeness (QED) is 0.206. The van der Waals surface area contributed by atoms with Crippen molar-refractivity contribution >= 4 is 43.9 Å². The fourth-order valence-corrected chi connectivity index (χ4v) is 6.70. The van der Waals surface area contributed by atoms with Crippen molar-refractivity contribution in [3.05, 3.63) is 157 Å². The van der Waals surface area contributed by atoms with Gasteiger partial charge in [0.25, 0.3) is 0 Å². The Morgan fingerprint density at radius 2 is 0.848 bits per heavy atom. The Bertz CT molecular complexity index is 2500. The molecule has 0 saturated carbocycles. The molecule has 3 heteroatoms. The van der Waals surface area contributed by atoms with Crippen LogP contribution in [0.2, 0.25) is 0 Å². The van der Waals surface area contributed by atoms with Crippen LogP contribution in [-0.4, -0.2) is 0 Å². The molecule has 0 bridgehead atoms. The molecule has 2 heterocycles. The molecule has 0 atom stereocenters. The van der Waals surface area contributed by atoms with E-state index in [9.17, 15) is 5.26 Å². The second kappa shape index (κ2) is 10.4. The van der Waals surface area contributed by atoms with Crippen LogP contribution < -0.4 is 0 Å². The average Bonchev–Trinajstić information content (AvgIpc) is 3.69. The summed E-state index contributed by atoms with van der Waals surface area (Å²) in [5, 5.41) is 13.8. The summed E-state index contributed by atoms with van der Waals surface area (Å²) in [7, 11) is 0. The summed E-state index contributed by atoms with van der Waals surface area (Å²) in [5.74, 6) is 0. The lowest BCUT2D eigenvalue weighted by Gasteiger charge is -2.19. The first-order chi connectivity index (χ1) is 22.7. The highest BCUT2D eigenvalue weighted by Gasteiger charge is 2.19. The molecule has 0 aliphatic rings. The molecule has 0 aliphatic heterocycles. The van der Waals surface area contributed by atoms with E-state index in [1.54, 1.807) is 0 Å². The SMILES string of the molecule is N#Cc1ccc(-c2cc(-c3ccc4oc5ccccc5c4c3)c(-c3ccccc3)c(-c3ccc4oc5ccccc5c4c3)c2)cc1. The molecule has 0 radical (unpaired) electrons.